The second-order valence-corrected chi connectivity index (χ2v) is 15.6. The summed E-state index contributed by atoms with van der Waals surface area (Å²) < 4.78 is 6.29. The molecule has 0 aliphatic rings. The third-order valence-electron chi connectivity index (χ3n) is 12.5. The number of rotatable bonds is 4. The predicted molar refractivity (Wildman–Crippen MR) is 248 cm³/mol. The Morgan fingerprint density at radius 3 is 1.57 bits per heavy atom. The quantitative estimate of drug-likeness (QED) is 0.167. The molecule has 0 bridgehead atoms. The van der Waals surface area contributed by atoms with Crippen molar-refractivity contribution in [3.8, 4) is 11.1 Å². The van der Waals surface area contributed by atoms with Crippen LogP contribution in [0.3, 0.4) is 0 Å². The topological polar surface area (TPSA) is 16.4 Å². The Morgan fingerprint density at radius 2 is 0.810 bits per heavy atom. The summed E-state index contributed by atoms with van der Waals surface area (Å²) in [5.74, 6) is 0. The first-order chi connectivity index (χ1) is 28.8. The molecule has 0 saturated carbocycles. The first-order valence-corrected chi connectivity index (χ1v) is 20.0. The Labute approximate surface area is 333 Å². The Kier molecular flexibility index (Phi) is 6.47. The van der Waals surface area contributed by atoms with Gasteiger partial charge in [0.25, 0.3) is 0 Å². The Balaban J connectivity index is 1.14. The Bertz CT molecular complexity index is 3790. The van der Waals surface area contributed by atoms with Gasteiger partial charge in [0.15, 0.2) is 0 Å². The summed E-state index contributed by atoms with van der Waals surface area (Å²) in [7, 11) is 0. The molecule has 58 heavy (non-hydrogen) atoms. The van der Waals surface area contributed by atoms with E-state index in [4.69, 9.17) is 4.42 Å². The zero-order valence-electron chi connectivity index (χ0n) is 31.4. The lowest BCUT2D eigenvalue weighted by Crippen LogP contribution is -2.11. The molecule has 2 heteroatoms. The number of para-hydroxylation sites is 1. The molecule has 1 aromatic heterocycles. The van der Waals surface area contributed by atoms with E-state index in [-0.39, 0.29) is 0 Å². The summed E-state index contributed by atoms with van der Waals surface area (Å²) in [4.78, 5) is 2.49. The van der Waals surface area contributed by atoms with Gasteiger partial charge < -0.3 is 9.32 Å². The molecule has 0 aliphatic heterocycles. The molecular weight excluding hydrogens is 703 g/mol. The van der Waals surface area contributed by atoms with Crippen LogP contribution < -0.4 is 4.90 Å². The van der Waals surface area contributed by atoms with Crippen molar-refractivity contribution in [3.05, 3.63) is 200 Å². The van der Waals surface area contributed by atoms with Crippen LogP contribution in [-0.4, -0.2) is 0 Å². The number of nitrogens with zero attached hydrogens (tertiary/aromatic N) is 1. The standard InChI is InChI=1S/C56H33NO/c1-2-16-40-34(11-1)12-8-24-48(40)57(39-31-29-35(30-32-39)41-18-10-26-51-55(41)47-17-3-4-25-50(47)58-51)49-33-38-15-7-21-43-42-19-5-13-36-27-28-37-14-6-20-44(53(37)52(36)42)45-22-9-23-46(49)56(45)54(38)43/h1-33H. The highest BCUT2D eigenvalue weighted by molar-refractivity contribution is 6.38. The molecule has 0 unspecified atom stereocenters. The first kappa shape index (κ1) is 31.5. The van der Waals surface area contributed by atoms with Crippen molar-refractivity contribution in [1.82, 2.24) is 0 Å². The molecule has 0 atom stereocenters. The van der Waals surface area contributed by atoms with E-state index in [1.165, 1.54) is 75.4 Å². The first-order valence-electron chi connectivity index (χ1n) is 20.0. The van der Waals surface area contributed by atoms with Gasteiger partial charge in [-0.25, -0.2) is 0 Å². The summed E-state index contributed by atoms with van der Waals surface area (Å²) in [6, 6.07) is 73.6. The molecule has 13 aromatic rings. The van der Waals surface area contributed by atoms with Crippen LogP contribution in [0.2, 0.25) is 0 Å². The van der Waals surface area contributed by atoms with Gasteiger partial charge in [-0.2, -0.15) is 0 Å². The molecule has 268 valence electrons. The lowest BCUT2D eigenvalue weighted by atomic mass is 9.87. The van der Waals surface area contributed by atoms with Gasteiger partial charge in [-0.3, -0.25) is 0 Å². The average Bonchev–Trinajstić information content (AvgIpc) is 3.67. The maximum Gasteiger partial charge on any atom is 0.136 e. The Morgan fingerprint density at radius 1 is 0.293 bits per heavy atom. The fourth-order valence-electron chi connectivity index (χ4n) is 10.1. The molecule has 2 nitrogen and oxygen atoms in total. The molecule has 0 saturated heterocycles. The minimum atomic E-state index is 0.903. The fourth-order valence-corrected chi connectivity index (χ4v) is 10.1. The van der Waals surface area contributed by atoms with E-state index in [0.717, 1.165) is 50.1 Å². The van der Waals surface area contributed by atoms with Gasteiger partial charge in [0.2, 0.25) is 0 Å². The predicted octanol–water partition coefficient (Wildman–Crippen LogP) is 16.2. The van der Waals surface area contributed by atoms with Gasteiger partial charge >= 0.3 is 0 Å². The molecule has 0 radical (unpaired) electrons. The van der Waals surface area contributed by atoms with Crippen LogP contribution in [0.4, 0.5) is 17.1 Å². The number of fused-ring (bicyclic) bond motifs is 6. The number of hydrogen-bond donors (Lipinski definition) is 0. The molecule has 0 spiro atoms. The van der Waals surface area contributed by atoms with Crippen molar-refractivity contribution in [2.24, 2.45) is 0 Å². The summed E-state index contributed by atoms with van der Waals surface area (Å²) in [5.41, 5.74) is 7.50. The number of furan rings is 1. The van der Waals surface area contributed by atoms with E-state index in [0.29, 0.717) is 0 Å². The monoisotopic (exact) mass is 735 g/mol. The minimum absolute atomic E-state index is 0.903. The maximum absolute atomic E-state index is 6.29. The van der Waals surface area contributed by atoms with E-state index >= 15 is 0 Å². The highest BCUT2D eigenvalue weighted by atomic mass is 16.3. The lowest BCUT2D eigenvalue weighted by Gasteiger charge is -2.29. The lowest BCUT2D eigenvalue weighted by molar-refractivity contribution is 0.669. The molecule has 0 fully saturated rings. The van der Waals surface area contributed by atoms with Crippen LogP contribution in [0.1, 0.15) is 0 Å². The number of anilines is 3. The molecule has 0 amide bonds. The smallest absolute Gasteiger partial charge is 0.136 e. The van der Waals surface area contributed by atoms with Crippen molar-refractivity contribution in [2.45, 2.75) is 0 Å². The van der Waals surface area contributed by atoms with E-state index in [1.807, 2.05) is 6.07 Å². The zero-order valence-corrected chi connectivity index (χ0v) is 31.4. The van der Waals surface area contributed by atoms with Crippen molar-refractivity contribution in [2.75, 3.05) is 4.90 Å². The van der Waals surface area contributed by atoms with Crippen LogP contribution in [0.25, 0.3) is 108 Å². The van der Waals surface area contributed by atoms with E-state index < -0.39 is 0 Å². The molecule has 0 aliphatic carbocycles. The van der Waals surface area contributed by atoms with Crippen LogP contribution in [-0.2, 0) is 0 Å². The number of hydrogen-bond acceptors (Lipinski definition) is 2. The highest BCUT2D eigenvalue weighted by Gasteiger charge is 2.23. The third kappa shape index (κ3) is 4.37. The highest BCUT2D eigenvalue weighted by Crippen LogP contribution is 2.49. The summed E-state index contributed by atoms with van der Waals surface area (Å²) in [6.45, 7) is 0. The van der Waals surface area contributed by atoms with Crippen LogP contribution >= 0.6 is 0 Å². The van der Waals surface area contributed by atoms with Crippen molar-refractivity contribution in [3.63, 3.8) is 0 Å². The van der Waals surface area contributed by atoms with E-state index in [2.05, 4.69) is 199 Å². The van der Waals surface area contributed by atoms with Crippen LogP contribution in [0, 0.1) is 0 Å². The zero-order chi connectivity index (χ0) is 37.9. The molecule has 1 heterocycles. The minimum Gasteiger partial charge on any atom is -0.456 e. The van der Waals surface area contributed by atoms with Gasteiger partial charge in [-0.05, 0) is 107 Å². The van der Waals surface area contributed by atoms with Gasteiger partial charge in [0.1, 0.15) is 11.2 Å². The van der Waals surface area contributed by atoms with E-state index in [9.17, 15) is 0 Å². The summed E-state index contributed by atoms with van der Waals surface area (Å²) in [6.07, 6.45) is 0. The van der Waals surface area contributed by atoms with Crippen LogP contribution in [0.5, 0.6) is 0 Å². The summed E-state index contributed by atoms with van der Waals surface area (Å²) >= 11 is 0. The van der Waals surface area contributed by atoms with Gasteiger partial charge in [0, 0.05) is 32.6 Å². The number of benzene rings is 11. The van der Waals surface area contributed by atoms with Crippen molar-refractivity contribution < 1.29 is 4.42 Å². The normalized spacial score (nSPS) is 12.1. The largest absolute Gasteiger partial charge is 0.456 e. The van der Waals surface area contributed by atoms with Crippen molar-refractivity contribution in [1.29, 1.82) is 0 Å². The fraction of sp³-hybridized carbons (Fsp3) is 0. The van der Waals surface area contributed by atoms with Crippen LogP contribution in [0.15, 0.2) is 205 Å². The van der Waals surface area contributed by atoms with Gasteiger partial charge in [0.05, 0.1) is 11.4 Å². The molecule has 0 N–H and O–H groups in total. The van der Waals surface area contributed by atoms with Gasteiger partial charge in [-0.1, -0.05) is 164 Å². The average molecular weight is 736 g/mol. The third-order valence-corrected chi connectivity index (χ3v) is 12.5. The molecule has 13 rings (SSSR count). The second-order valence-electron chi connectivity index (χ2n) is 15.6. The maximum atomic E-state index is 6.29. The van der Waals surface area contributed by atoms with Gasteiger partial charge in [-0.15, -0.1) is 0 Å². The summed E-state index contributed by atoms with van der Waals surface area (Å²) in [5, 5.41) is 20.0. The molecule has 12 aromatic carbocycles. The Hall–Kier alpha value is -7.68. The SMILES string of the molecule is c1ccc2c(N(c3ccc(-c4cccc5oc6ccccc6c45)cc3)c3cc4cccc5c6cccc7ccc8cccc(c9cccc3c9c45)c8c76)cccc2c1. The van der Waals surface area contributed by atoms with Crippen molar-refractivity contribution >= 4 is 114 Å². The second kappa shape index (κ2) is 11.9. The molecular formula is C56H33NO. The van der Waals surface area contributed by atoms with E-state index in [1.54, 1.807) is 0 Å².